The smallest absolute Gasteiger partial charge is 0.0279 e. The number of aryl methyl sites for hydroxylation is 2. The highest BCUT2D eigenvalue weighted by Crippen LogP contribution is 2.12. The maximum atomic E-state index is 2.24. The molecule has 0 aliphatic heterocycles. The fraction of sp³-hybridized carbons (Fsp3) is 0.455. The first-order valence-corrected chi connectivity index (χ1v) is 9.03. The quantitative estimate of drug-likeness (QED) is 0.410. The Morgan fingerprint density at radius 3 is 1.05 bits per heavy atom. The van der Waals surface area contributed by atoms with Crippen LogP contribution in [0.2, 0.25) is 0 Å². The number of unbranched alkanes of at least 4 members (excludes halogenated alkanes) is 7. The normalized spacial score (nSPS) is 10.7. The zero-order chi connectivity index (χ0) is 15.3. The number of hydrogen-bond donors (Lipinski definition) is 0. The number of rotatable bonds is 11. The number of benzene rings is 2. The fourth-order valence-corrected chi connectivity index (χ4v) is 3.01. The van der Waals surface area contributed by atoms with Crippen molar-refractivity contribution < 1.29 is 0 Å². The Balaban J connectivity index is 1.37. The van der Waals surface area contributed by atoms with Crippen molar-refractivity contribution in [1.29, 1.82) is 0 Å². The summed E-state index contributed by atoms with van der Waals surface area (Å²) in [5.74, 6) is 0. The van der Waals surface area contributed by atoms with Gasteiger partial charge in [0.05, 0.1) is 0 Å². The molecule has 0 aromatic heterocycles. The first-order valence-electron chi connectivity index (χ1n) is 9.03. The highest BCUT2D eigenvalue weighted by atomic mass is 14.0. The first-order chi connectivity index (χ1) is 10.9. The lowest BCUT2D eigenvalue weighted by atomic mass is 10.0. The summed E-state index contributed by atoms with van der Waals surface area (Å²) < 4.78 is 0. The molecule has 0 heteroatoms. The number of hydrogen-bond acceptors (Lipinski definition) is 0. The standard InChI is InChI=1S/C22H30/c1(3-5-9-15-21-17-11-7-12-18-21)2-4-6-10-16-22-19-13-8-14-20-22/h7-8,11-14,17-20H,1-6,9-10,15-16H2. The SMILES string of the molecule is c1ccc(CCCCCCCCCCc2ccccc2)cc1. The van der Waals surface area contributed by atoms with E-state index in [0.29, 0.717) is 0 Å². The van der Waals surface area contributed by atoms with Crippen LogP contribution in [0, 0.1) is 0 Å². The van der Waals surface area contributed by atoms with Crippen LogP contribution in [0.25, 0.3) is 0 Å². The lowest BCUT2D eigenvalue weighted by Crippen LogP contribution is -1.87. The molecule has 2 rings (SSSR count). The van der Waals surface area contributed by atoms with E-state index in [4.69, 9.17) is 0 Å². The van der Waals surface area contributed by atoms with Crippen molar-refractivity contribution in [3.8, 4) is 0 Å². The Bertz CT molecular complexity index is 424. The lowest BCUT2D eigenvalue weighted by Gasteiger charge is -2.03. The Morgan fingerprint density at radius 2 is 0.682 bits per heavy atom. The lowest BCUT2D eigenvalue weighted by molar-refractivity contribution is 0.567. The molecule has 0 saturated heterocycles. The summed E-state index contributed by atoms with van der Waals surface area (Å²) in [6, 6.07) is 21.7. The molecule has 0 radical (unpaired) electrons. The largest absolute Gasteiger partial charge is 0.0622 e. The molecule has 0 fully saturated rings. The molecular weight excluding hydrogens is 264 g/mol. The van der Waals surface area contributed by atoms with Crippen LogP contribution in [0.3, 0.4) is 0 Å². The Labute approximate surface area is 136 Å². The molecule has 0 atom stereocenters. The molecule has 0 N–H and O–H groups in total. The predicted molar refractivity (Wildman–Crippen MR) is 97.2 cm³/mol. The van der Waals surface area contributed by atoms with E-state index in [1.54, 1.807) is 0 Å². The highest BCUT2D eigenvalue weighted by molar-refractivity contribution is 5.15. The molecule has 0 bridgehead atoms. The summed E-state index contributed by atoms with van der Waals surface area (Å²) in [4.78, 5) is 0. The van der Waals surface area contributed by atoms with E-state index in [-0.39, 0.29) is 0 Å². The van der Waals surface area contributed by atoms with Crippen molar-refractivity contribution in [2.24, 2.45) is 0 Å². The van der Waals surface area contributed by atoms with Crippen LogP contribution < -0.4 is 0 Å². The summed E-state index contributed by atoms with van der Waals surface area (Å²) >= 11 is 0. The second kappa shape index (κ2) is 11.1. The summed E-state index contributed by atoms with van der Waals surface area (Å²) in [5.41, 5.74) is 2.98. The molecule has 0 unspecified atom stereocenters. The van der Waals surface area contributed by atoms with Crippen molar-refractivity contribution in [1.82, 2.24) is 0 Å². The van der Waals surface area contributed by atoms with Gasteiger partial charge in [0.25, 0.3) is 0 Å². The monoisotopic (exact) mass is 294 g/mol. The van der Waals surface area contributed by atoms with Crippen LogP contribution in [0.4, 0.5) is 0 Å². The van der Waals surface area contributed by atoms with Gasteiger partial charge in [0.2, 0.25) is 0 Å². The summed E-state index contributed by atoms with van der Waals surface area (Å²) in [6.07, 6.45) is 13.6. The van der Waals surface area contributed by atoms with Crippen LogP contribution in [0.15, 0.2) is 60.7 Å². The minimum Gasteiger partial charge on any atom is -0.0622 e. The molecule has 0 aliphatic carbocycles. The van der Waals surface area contributed by atoms with Gasteiger partial charge in [0, 0.05) is 0 Å². The molecule has 118 valence electrons. The van der Waals surface area contributed by atoms with Crippen molar-refractivity contribution in [2.75, 3.05) is 0 Å². The zero-order valence-corrected chi connectivity index (χ0v) is 13.8. The topological polar surface area (TPSA) is 0 Å². The van der Waals surface area contributed by atoms with E-state index in [1.165, 1.54) is 75.3 Å². The van der Waals surface area contributed by atoms with Crippen molar-refractivity contribution >= 4 is 0 Å². The minimum absolute atomic E-state index is 1.25. The maximum absolute atomic E-state index is 2.24. The van der Waals surface area contributed by atoms with Crippen molar-refractivity contribution in [2.45, 2.75) is 64.2 Å². The molecule has 0 amide bonds. The fourth-order valence-electron chi connectivity index (χ4n) is 3.01. The van der Waals surface area contributed by atoms with Crippen LogP contribution in [0.1, 0.15) is 62.5 Å². The van der Waals surface area contributed by atoms with Gasteiger partial charge in [-0.3, -0.25) is 0 Å². The third kappa shape index (κ3) is 7.45. The summed E-state index contributed by atoms with van der Waals surface area (Å²) in [6.45, 7) is 0. The first kappa shape index (κ1) is 16.8. The van der Waals surface area contributed by atoms with E-state index >= 15 is 0 Å². The van der Waals surface area contributed by atoms with E-state index in [2.05, 4.69) is 60.7 Å². The van der Waals surface area contributed by atoms with Crippen LogP contribution >= 0.6 is 0 Å². The highest BCUT2D eigenvalue weighted by Gasteiger charge is 1.95. The van der Waals surface area contributed by atoms with Gasteiger partial charge in [-0.25, -0.2) is 0 Å². The van der Waals surface area contributed by atoms with Crippen molar-refractivity contribution in [3.63, 3.8) is 0 Å². The van der Waals surface area contributed by atoms with E-state index in [0.717, 1.165) is 0 Å². The Hall–Kier alpha value is -1.56. The van der Waals surface area contributed by atoms with Gasteiger partial charge in [-0.15, -0.1) is 0 Å². The van der Waals surface area contributed by atoms with Gasteiger partial charge in [0.1, 0.15) is 0 Å². The molecule has 2 aromatic rings. The molecule has 22 heavy (non-hydrogen) atoms. The van der Waals surface area contributed by atoms with Crippen molar-refractivity contribution in [3.05, 3.63) is 71.8 Å². The van der Waals surface area contributed by atoms with E-state index < -0.39 is 0 Å². The van der Waals surface area contributed by atoms with E-state index in [1.807, 2.05) is 0 Å². The molecule has 0 nitrogen and oxygen atoms in total. The average molecular weight is 294 g/mol. The van der Waals surface area contributed by atoms with Crippen LogP contribution in [-0.4, -0.2) is 0 Å². The second-order valence-corrected chi connectivity index (χ2v) is 6.30. The third-order valence-corrected chi connectivity index (χ3v) is 4.37. The molecule has 0 heterocycles. The molecule has 0 saturated carbocycles. The zero-order valence-electron chi connectivity index (χ0n) is 13.8. The van der Waals surface area contributed by atoms with Crippen LogP contribution in [-0.2, 0) is 12.8 Å². The molecule has 2 aromatic carbocycles. The second-order valence-electron chi connectivity index (χ2n) is 6.30. The average Bonchev–Trinajstić information content (AvgIpc) is 2.58. The Kier molecular flexibility index (Phi) is 8.45. The Morgan fingerprint density at radius 1 is 0.364 bits per heavy atom. The summed E-state index contributed by atoms with van der Waals surface area (Å²) in [5, 5.41) is 0. The van der Waals surface area contributed by atoms with Gasteiger partial charge in [-0.05, 0) is 36.8 Å². The van der Waals surface area contributed by atoms with E-state index in [9.17, 15) is 0 Å². The van der Waals surface area contributed by atoms with Gasteiger partial charge < -0.3 is 0 Å². The van der Waals surface area contributed by atoms with Gasteiger partial charge in [0.15, 0.2) is 0 Å². The molecule has 0 spiro atoms. The maximum Gasteiger partial charge on any atom is -0.0279 e. The predicted octanol–water partition coefficient (Wildman–Crippen LogP) is 6.59. The molecular formula is C22H30. The third-order valence-electron chi connectivity index (χ3n) is 4.37. The van der Waals surface area contributed by atoms with Gasteiger partial charge in [-0.1, -0.05) is 99.2 Å². The molecule has 0 aliphatic rings. The summed E-state index contributed by atoms with van der Waals surface area (Å²) in [7, 11) is 0. The van der Waals surface area contributed by atoms with Gasteiger partial charge >= 0.3 is 0 Å². The van der Waals surface area contributed by atoms with Gasteiger partial charge in [-0.2, -0.15) is 0 Å². The minimum atomic E-state index is 1.25. The van der Waals surface area contributed by atoms with Crippen LogP contribution in [0.5, 0.6) is 0 Å².